The molecule has 1 fully saturated rings. The number of carbonyl (C=O) groups is 1. The maximum absolute atomic E-state index is 13.0. The summed E-state index contributed by atoms with van der Waals surface area (Å²) in [6.45, 7) is 0. The number of fused-ring (bicyclic) bond motifs is 1. The summed E-state index contributed by atoms with van der Waals surface area (Å²) in [5, 5.41) is 44.8. The summed E-state index contributed by atoms with van der Waals surface area (Å²) >= 11 is 0. The fraction of sp³-hybridized carbons (Fsp3) is 0.241. The van der Waals surface area contributed by atoms with E-state index in [0.29, 0.717) is 17.0 Å². The summed E-state index contributed by atoms with van der Waals surface area (Å²) in [4.78, 5) is 25.8. The van der Waals surface area contributed by atoms with Gasteiger partial charge >= 0.3 is 0 Å². The molecule has 0 bridgehead atoms. The number of methoxy groups -OCH3 is 2. The predicted molar refractivity (Wildman–Crippen MR) is 145 cm³/mol. The van der Waals surface area contributed by atoms with Crippen molar-refractivity contribution in [2.24, 2.45) is 0 Å². The van der Waals surface area contributed by atoms with Gasteiger partial charge in [0.15, 0.2) is 23.0 Å². The van der Waals surface area contributed by atoms with Crippen molar-refractivity contribution in [3.05, 3.63) is 77.0 Å². The third-order valence-corrected chi connectivity index (χ3v) is 6.60. The van der Waals surface area contributed by atoms with Crippen LogP contribution in [0.4, 0.5) is 5.69 Å². The van der Waals surface area contributed by atoms with Gasteiger partial charge in [-0.3, -0.25) is 9.59 Å². The van der Waals surface area contributed by atoms with Crippen LogP contribution >= 0.6 is 0 Å². The Balaban J connectivity index is 1.49. The molecule has 12 nitrogen and oxygen atoms in total. The van der Waals surface area contributed by atoms with Crippen LogP contribution in [0.3, 0.4) is 0 Å². The van der Waals surface area contributed by atoms with Gasteiger partial charge in [0.25, 0.3) is 5.91 Å². The first-order valence-corrected chi connectivity index (χ1v) is 12.5. The van der Waals surface area contributed by atoms with E-state index >= 15 is 0 Å². The van der Waals surface area contributed by atoms with Crippen LogP contribution < -0.4 is 25.0 Å². The number of hydrogen-bond donors (Lipinski definition) is 5. The van der Waals surface area contributed by atoms with Crippen LogP contribution in [0.5, 0.6) is 23.0 Å². The van der Waals surface area contributed by atoms with Crippen LogP contribution in [-0.4, -0.2) is 71.3 Å². The number of aliphatic hydroxyl groups excluding tert-OH is 3. The number of carbonyl (C=O) groups excluding carboxylic acids is 1. The lowest BCUT2D eigenvalue weighted by molar-refractivity contribution is -0.265. The SMILES string of the molecule is COc1ccc(-c2cc(=O)c3c(O)c(OC)c(OC4OC(C(=O)Nc5ccccc5)C(O)C(O)C4O)cc3o2)cc1. The van der Waals surface area contributed by atoms with Gasteiger partial charge in [-0.25, -0.2) is 0 Å². The van der Waals surface area contributed by atoms with E-state index in [1.54, 1.807) is 54.6 Å². The summed E-state index contributed by atoms with van der Waals surface area (Å²) in [7, 11) is 2.74. The van der Waals surface area contributed by atoms with Gasteiger partial charge in [-0.15, -0.1) is 0 Å². The Labute approximate surface area is 232 Å². The zero-order valence-corrected chi connectivity index (χ0v) is 21.9. The van der Waals surface area contributed by atoms with Crippen LogP contribution in [0.25, 0.3) is 22.3 Å². The molecule has 1 saturated heterocycles. The second-order valence-corrected chi connectivity index (χ2v) is 9.20. The van der Waals surface area contributed by atoms with Crippen molar-refractivity contribution in [1.29, 1.82) is 0 Å². The number of aliphatic hydroxyl groups is 3. The van der Waals surface area contributed by atoms with E-state index in [4.69, 9.17) is 23.4 Å². The molecule has 0 aliphatic carbocycles. The normalized spacial score (nSPS) is 22.2. The van der Waals surface area contributed by atoms with Gasteiger partial charge in [-0.05, 0) is 36.4 Å². The first-order valence-electron chi connectivity index (χ1n) is 12.5. The highest BCUT2D eigenvalue weighted by atomic mass is 16.7. The van der Waals surface area contributed by atoms with E-state index in [1.165, 1.54) is 26.4 Å². The molecule has 1 aliphatic heterocycles. The lowest BCUT2D eigenvalue weighted by Crippen LogP contribution is -2.62. The van der Waals surface area contributed by atoms with Crippen molar-refractivity contribution in [2.45, 2.75) is 30.7 Å². The fourth-order valence-electron chi connectivity index (χ4n) is 4.47. The molecule has 12 heteroatoms. The molecule has 214 valence electrons. The van der Waals surface area contributed by atoms with Crippen molar-refractivity contribution in [2.75, 3.05) is 19.5 Å². The van der Waals surface area contributed by atoms with Gasteiger partial charge in [-0.1, -0.05) is 18.2 Å². The average molecular weight is 566 g/mol. The van der Waals surface area contributed by atoms with Gasteiger partial charge in [0.2, 0.25) is 12.0 Å². The van der Waals surface area contributed by atoms with Gasteiger partial charge in [0.1, 0.15) is 40.8 Å². The maximum Gasteiger partial charge on any atom is 0.256 e. The van der Waals surface area contributed by atoms with Crippen molar-refractivity contribution < 1.29 is 48.6 Å². The zero-order valence-electron chi connectivity index (χ0n) is 21.9. The number of amides is 1. The minimum atomic E-state index is -1.83. The summed E-state index contributed by atoms with van der Waals surface area (Å²) < 4.78 is 27.7. The van der Waals surface area contributed by atoms with E-state index in [1.807, 2.05) is 0 Å². The Morgan fingerprint density at radius 1 is 0.902 bits per heavy atom. The molecule has 3 aromatic carbocycles. The summed E-state index contributed by atoms with van der Waals surface area (Å²) in [5.41, 5.74) is 0.318. The van der Waals surface area contributed by atoms with Gasteiger partial charge < -0.3 is 49.1 Å². The van der Waals surface area contributed by atoms with Crippen molar-refractivity contribution in [1.82, 2.24) is 0 Å². The maximum atomic E-state index is 13.0. The molecule has 1 aliphatic rings. The number of hydrogen-bond acceptors (Lipinski definition) is 11. The molecule has 5 N–H and O–H groups in total. The number of ether oxygens (including phenoxy) is 4. The van der Waals surface area contributed by atoms with Crippen molar-refractivity contribution in [3.8, 4) is 34.3 Å². The summed E-state index contributed by atoms with van der Waals surface area (Å²) in [6.07, 6.45) is -8.78. The molecule has 5 rings (SSSR count). The lowest BCUT2D eigenvalue weighted by Gasteiger charge is -2.39. The fourth-order valence-corrected chi connectivity index (χ4v) is 4.47. The van der Waals surface area contributed by atoms with Crippen LogP contribution in [0.15, 0.2) is 75.9 Å². The van der Waals surface area contributed by atoms with Crippen LogP contribution in [0, 0.1) is 0 Å². The molecule has 0 saturated carbocycles. The van der Waals surface area contributed by atoms with Crippen molar-refractivity contribution >= 4 is 22.6 Å². The summed E-state index contributed by atoms with van der Waals surface area (Å²) in [6, 6.07) is 17.6. The first kappa shape index (κ1) is 27.9. The highest BCUT2D eigenvalue weighted by molar-refractivity contribution is 5.94. The lowest BCUT2D eigenvalue weighted by atomic mass is 9.98. The molecular weight excluding hydrogens is 538 g/mol. The van der Waals surface area contributed by atoms with Crippen LogP contribution in [0.2, 0.25) is 0 Å². The first-order chi connectivity index (χ1) is 19.7. The molecule has 0 spiro atoms. The molecule has 1 aromatic heterocycles. The van der Waals surface area contributed by atoms with E-state index < -0.39 is 47.8 Å². The number of phenolic OH excluding ortho intramolecular Hbond substituents is 1. The average Bonchev–Trinajstić information content (AvgIpc) is 2.97. The van der Waals surface area contributed by atoms with Gasteiger partial charge in [0, 0.05) is 23.4 Å². The number of nitrogens with one attached hydrogen (secondary N) is 1. The van der Waals surface area contributed by atoms with Crippen molar-refractivity contribution in [3.63, 3.8) is 0 Å². The minimum absolute atomic E-state index is 0.0825. The standard InChI is InChI=1S/C29H27NO11/c1-37-16-10-8-14(9-11-16)18-12-17(31)21-19(39-18)13-20(26(38-2)22(21)32)40-29-25(35)23(33)24(34)27(41-29)28(36)30-15-6-4-3-5-7-15/h3-13,23-25,27,29,32-35H,1-2H3,(H,30,36). The highest BCUT2D eigenvalue weighted by Gasteiger charge is 2.48. The smallest absolute Gasteiger partial charge is 0.256 e. The minimum Gasteiger partial charge on any atom is -0.504 e. The molecule has 41 heavy (non-hydrogen) atoms. The number of anilines is 1. The molecule has 5 atom stereocenters. The molecule has 5 unspecified atom stereocenters. The molecule has 0 radical (unpaired) electrons. The Bertz CT molecular complexity index is 1600. The quantitative estimate of drug-likeness (QED) is 0.221. The third kappa shape index (κ3) is 5.41. The molecule has 1 amide bonds. The molecular formula is C29H27NO11. The Morgan fingerprint density at radius 3 is 2.27 bits per heavy atom. The number of aromatic hydroxyl groups is 1. The molecule has 2 heterocycles. The Kier molecular flexibility index (Phi) is 7.81. The molecule has 4 aromatic rings. The predicted octanol–water partition coefficient (Wildman–Crippen LogP) is 2.01. The number of benzene rings is 3. The van der Waals surface area contributed by atoms with E-state index in [-0.39, 0.29) is 28.2 Å². The third-order valence-electron chi connectivity index (χ3n) is 6.60. The van der Waals surface area contributed by atoms with Gasteiger partial charge in [0.05, 0.1) is 14.2 Å². The topological polar surface area (TPSA) is 177 Å². The van der Waals surface area contributed by atoms with E-state index in [2.05, 4.69) is 5.32 Å². The number of rotatable bonds is 7. The number of para-hydroxylation sites is 1. The largest absolute Gasteiger partial charge is 0.504 e. The van der Waals surface area contributed by atoms with Crippen LogP contribution in [-0.2, 0) is 9.53 Å². The van der Waals surface area contributed by atoms with Gasteiger partial charge in [-0.2, -0.15) is 0 Å². The number of phenols is 1. The highest BCUT2D eigenvalue weighted by Crippen LogP contribution is 2.43. The Morgan fingerprint density at radius 2 is 1.61 bits per heavy atom. The summed E-state index contributed by atoms with van der Waals surface area (Å²) in [5.74, 6) is -1.13. The zero-order chi connectivity index (χ0) is 29.3. The monoisotopic (exact) mass is 565 g/mol. The Hall–Kier alpha value is -4.62. The second kappa shape index (κ2) is 11.5. The van der Waals surface area contributed by atoms with E-state index in [0.717, 1.165) is 0 Å². The van der Waals surface area contributed by atoms with Crippen LogP contribution in [0.1, 0.15) is 0 Å². The second-order valence-electron chi connectivity index (χ2n) is 9.20. The van der Waals surface area contributed by atoms with E-state index in [9.17, 15) is 30.0 Å².